The lowest BCUT2D eigenvalue weighted by atomic mass is 10.1. The molecule has 0 bridgehead atoms. The van der Waals surface area contributed by atoms with Gasteiger partial charge in [-0.3, -0.25) is 0 Å². The van der Waals surface area contributed by atoms with Crippen LogP contribution in [0.25, 0.3) is 21.9 Å². The summed E-state index contributed by atoms with van der Waals surface area (Å²) in [5.41, 5.74) is 9.88. The number of aryl methyl sites for hydroxylation is 2. The number of hydrogen-bond acceptors (Lipinski definition) is 4. The molecule has 2 heterocycles. The van der Waals surface area contributed by atoms with E-state index >= 15 is 0 Å². The van der Waals surface area contributed by atoms with Gasteiger partial charge >= 0.3 is 0 Å². The first-order chi connectivity index (χ1) is 13.8. The zero-order chi connectivity index (χ0) is 21.0. The van der Waals surface area contributed by atoms with Crippen molar-refractivity contribution < 1.29 is 9.59 Å². The van der Waals surface area contributed by atoms with Gasteiger partial charge in [-0.1, -0.05) is 25.5 Å². The van der Waals surface area contributed by atoms with Crippen molar-refractivity contribution in [1.29, 1.82) is 0 Å². The van der Waals surface area contributed by atoms with Crippen molar-refractivity contribution in [3.63, 3.8) is 0 Å². The second kappa shape index (κ2) is 9.09. The van der Waals surface area contributed by atoms with Gasteiger partial charge in [0.15, 0.2) is 5.82 Å². The number of aliphatic hydroxyl groups excluding tert-OH is 1. The Morgan fingerprint density at radius 3 is 2.55 bits per heavy atom. The van der Waals surface area contributed by atoms with Crippen LogP contribution in [0.4, 0.5) is 5.82 Å². The van der Waals surface area contributed by atoms with E-state index in [-0.39, 0.29) is 6.61 Å². The Bertz CT molecular complexity index is 971. The third-order valence-corrected chi connectivity index (χ3v) is 5.49. The van der Waals surface area contributed by atoms with Gasteiger partial charge in [-0.15, -0.1) is 0 Å². The molecule has 6 nitrogen and oxygen atoms in total. The number of aromatic nitrogens is 3. The maximum absolute atomic E-state index is 9.48. The maximum Gasteiger partial charge on any atom is 0.152 e. The lowest BCUT2D eigenvalue weighted by molar-refractivity contribution is -0.870. The molecule has 3 aromatic rings. The van der Waals surface area contributed by atoms with E-state index < -0.39 is 0 Å². The van der Waals surface area contributed by atoms with Crippen molar-refractivity contribution in [2.75, 3.05) is 33.4 Å². The number of unbranched alkanes of at least 4 members (excludes halogenated alkanes) is 3. The summed E-state index contributed by atoms with van der Waals surface area (Å²) in [5, 5.41) is 10.5. The highest BCUT2D eigenvalue weighted by molar-refractivity contribution is 6.06. The van der Waals surface area contributed by atoms with Crippen molar-refractivity contribution in [3.05, 3.63) is 29.6 Å². The van der Waals surface area contributed by atoms with Crippen molar-refractivity contribution in [2.24, 2.45) is 0 Å². The number of quaternary nitrogens is 1. The Labute approximate surface area is 174 Å². The number of nitrogens with zero attached hydrogens (tertiary/aromatic N) is 4. The van der Waals surface area contributed by atoms with E-state index in [4.69, 9.17) is 10.7 Å². The average molecular weight is 399 g/mol. The molecular formula is C23H36N5O+. The fourth-order valence-corrected chi connectivity index (χ4v) is 3.90. The van der Waals surface area contributed by atoms with Crippen LogP contribution in [0.15, 0.2) is 18.2 Å². The smallest absolute Gasteiger partial charge is 0.152 e. The molecule has 1 aromatic carbocycles. The summed E-state index contributed by atoms with van der Waals surface area (Å²) in [6, 6.07) is 5.94. The number of aliphatic hydroxyl groups is 1. The molecule has 6 heteroatoms. The second-order valence-corrected chi connectivity index (χ2v) is 9.06. The Morgan fingerprint density at radius 1 is 1.07 bits per heavy atom. The van der Waals surface area contributed by atoms with Gasteiger partial charge in [0.1, 0.15) is 11.3 Å². The van der Waals surface area contributed by atoms with E-state index in [1.807, 2.05) is 12.1 Å². The van der Waals surface area contributed by atoms with E-state index in [1.54, 1.807) is 0 Å². The minimum Gasteiger partial charge on any atom is -0.392 e. The third kappa shape index (κ3) is 5.06. The van der Waals surface area contributed by atoms with E-state index in [0.29, 0.717) is 5.82 Å². The van der Waals surface area contributed by atoms with Gasteiger partial charge < -0.3 is 19.9 Å². The Balaban J connectivity index is 1.97. The van der Waals surface area contributed by atoms with E-state index in [1.165, 1.54) is 19.4 Å². The molecule has 29 heavy (non-hydrogen) atoms. The quantitative estimate of drug-likeness (QED) is 0.401. The highest BCUT2D eigenvalue weighted by atomic mass is 16.3. The number of benzene rings is 1. The van der Waals surface area contributed by atoms with Gasteiger partial charge in [0.25, 0.3) is 0 Å². The molecule has 0 aliphatic carbocycles. The number of pyridine rings is 1. The molecule has 0 unspecified atom stereocenters. The van der Waals surface area contributed by atoms with Crippen LogP contribution in [0.2, 0.25) is 0 Å². The molecule has 2 aromatic heterocycles. The van der Waals surface area contributed by atoms with Gasteiger partial charge in [0.05, 0.1) is 45.3 Å². The van der Waals surface area contributed by atoms with E-state index in [0.717, 1.165) is 70.0 Å². The topological polar surface area (TPSA) is 77.0 Å². The highest BCUT2D eigenvalue weighted by Crippen LogP contribution is 2.30. The Morgan fingerprint density at radius 2 is 1.86 bits per heavy atom. The molecule has 0 fully saturated rings. The van der Waals surface area contributed by atoms with Crippen LogP contribution in [0, 0.1) is 0 Å². The molecule has 0 saturated carbocycles. The number of rotatable bonds is 10. The molecule has 0 spiro atoms. The van der Waals surface area contributed by atoms with Crippen LogP contribution < -0.4 is 5.73 Å². The van der Waals surface area contributed by atoms with Crippen LogP contribution in [0.5, 0.6) is 0 Å². The number of nitrogen functional groups attached to an aromatic ring is 1. The number of hydrogen-bond donors (Lipinski definition) is 2. The predicted molar refractivity (Wildman–Crippen MR) is 121 cm³/mol. The van der Waals surface area contributed by atoms with Crippen LogP contribution in [0.3, 0.4) is 0 Å². The first-order valence-corrected chi connectivity index (χ1v) is 10.8. The number of anilines is 1. The molecule has 0 saturated heterocycles. The molecule has 0 radical (unpaired) electrons. The largest absolute Gasteiger partial charge is 0.392 e. The van der Waals surface area contributed by atoms with Crippen molar-refractivity contribution >= 4 is 27.8 Å². The number of fused-ring (bicyclic) bond motifs is 3. The van der Waals surface area contributed by atoms with Crippen LogP contribution >= 0.6 is 0 Å². The van der Waals surface area contributed by atoms with E-state index in [9.17, 15) is 5.11 Å². The second-order valence-electron chi connectivity index (χ2n) is 9.06. The molecule has 158 valence electrons. The summed E-state index contributed by atoms with van der Waals surface area (Å²) >= 11 is 0. The number of imidazole rings is 1. The monoisotopic (exact) mass is 398 g/mol. The summed E-state index contributed by atoms with van der Waals surface area (Å²) < 4.78 is 3.38. The lowest BCUT2D eigenvalue weighted by Crippen LogP contribution is -2.35. The summed E-state index contributed by atoms with van der Waals surface area (Å²) in [7, 11) is 6.73. The SMILES string of the molecule is CCCCc1nc2c(N)nc3cc(CO)ccc3c2n1CCCCC[N+](C)(C)C. The van der Waals surface area contributed by atoms with E-state index in [2.05, 4.69) is 43.7 Å². The predicted octanol–water partition coefficient (Wildman–Crippen LogP) is 3.88. The van der Waals surface area contributed by atoms with Crippen LogP contribution in [0.1, 0.15) is 50.4 Å². The molecule has 0 aliphatic heterocycles. The summed E-state index contributed by atoms with van der Waals surface area (Å²) in [6.07, 6.45) is 6.77. The van der Waals surface area contributed by atoms with Crippen LogP contribution in [-0.4, -0.2) is 51.8 Å². The van der Waals surface area contributed by atoms with Crippen LogP contribution in [-0.2, 0) is 19.6 Å². The van der Waals surface area contributed by atoms with Gasteiger partial charge in [-0.05, 0) is 37.3 Å². The molecule has 0 atom stereocenters. The Kier molecular flexibility index (Phi) is 6.75. The van der Waals surface area contributed by atoms with Gasteiger partial charge in [0.2, 0.25) is 0 Å². The minimum atomic E-state index is 0.00284. The standard InChI is InChI=1S/C23H36N5O/c1-5-6-10-20-26-21-22(27(20)13-8-7-9-14-28(2,3)4)18-12-11-17(16-29)15-19(18)25-23(21)24/h11-12,15,29H,5-10,13-14,16H2,1-4H3,(H2,24,25)/q+1. The van der Waals surface area contributed by atoms with Crippen molar-refractivity contribution in [1.82, 2.24) is 14.5 Å². The maximum atomic E-state index is 9.48. The average Bonchev–Trinajstić information content (AvgIpc) is 3.04. The first-order valence-electron chi connectivity index (χ1n) is 10.8. The van der Waals surface area contributed by atoms with Gasteiger partial charge in [-0.2, -0.15) is 0 Å². The normalized spacial score (nSPS) is 12.3. The van der Waals surface area contributed by atoms with Gasteiger partial charge in [0, 0.05) is 18.4 Å². The highest BCUT2D eigenvalue weighted by Gasteiger charge is 2.17. The fourth-order valence-electron chi connectivity index (χ4n) is 3.90. The molecule has 0 aliphatic rings. The summed E-state index contributed by atoms with van der Waals surface area (Å²) in [6.45, 7) is 4.35. The Hall–Kier alpha value is -2.18. The minimum absolute atomic E-state index is 0.00284. The third-order valence-electron chi connectivity index (χ3n) is 5.49. The molecule has 3 rings (SSSR count). The van der Waals surface area contributed by atoms with Crippen molar-refractivity contribution in [2.45, 2.75) is 58.6 Å². The first kappa shape index (κ1) is 21.5. The zero-order valence-electron chi connectivity index (χ0n) is 18.4. The lowest BCUT2D eigenvalue weighted by Gasteiger charge is -2.23. The summed E-state index contributed by atoms with van der Waals surface area (Å²) in [5.74, 6) is 1.59. The molecular weight excluding hydrogens is 362 g/mol. The van der Waals surface area contributed by atoms with Gasteiger partial charge in [-0.25, -0.2) is 9.97 Å². The number of nitrogens with two attached hydrogens (primary N) is 1. The fraction of sp³-hybridized carbons (Fsp3) is 0.565. The molecule has 0 amide bonds. The zero-order valence-corrected chi connectivity index (χ0v) is 18.4. The van der Waals surface area contributed by atoms with Crippen molar-refractivity contribution in [3.8, 4) is 0 Å². The molecule has 3 N–H and O–H groups in total. The summed E-state index contributed by atoms with van der Waals surface area (Å²) in [4.78, 5) is 9.48.